The Morgan fingerprint density at radius 2 is 2.44 bits per heavy atom. The summed E-state index contributed by atoms with van der Waals surface area (Å²) in [4.78, 5) is 4.48. The molecule has 1 fully saturated rings. The molecule has 4 heteroatoms. The number of aromatic nitrogens is 2. The van der Waals surface area contributed by atoms with Gasteiger partial charge in [0.1, 0.15) is 0 Å². The Balaban J connectivity index is 1.81. The standard InChI is InChI=1S/C12H19N3O/c1-16-12(4-2-5-12)8-15-9-14-10-7-13-6-3-11(10)15/h9,13H,2-8H2,1H3. The van der Waals surface area contributed by atoms with Gasteiger partial charge in [-0.1, -0.05) is 0 Å². The smallest absolute Gasteiger partial charge is 0.0953 e. The van der Waals surface area contributed by atoms with Crippen molar-refractivity contribution >= 4 is 0 Å². The Morgan fingerprint density at radius 3 is 3.12 bits per heavy atom. The van der Waals surface area contributed by atoms with E-state index >= 15 is 0 Å². The van der Waals surface area contributed by atoms with Gasteiger partial charge < -0.3 is 14.6 Å². The summed E-state index contributed by atoms with van der Waals surface area (Å²) in [6.45, 7) is 2.97. The monoisotopic (exact) mass is 221 g/mol. The zero-order chi connectivity index (χ0) is 11.0. The predicted molar refractivity (Wildman–Crippen MR) is 61.2 cm³/mol. The van der Waals surface area contributed by atoms with Gasteiger partial charge in [0.15, 0.2) is 0 Å². The van der Waals surface area contributed by atoms with E-state index in [2.05, 4.69) is 14.9 Å². The summed E-state index contributed by atoms with van der Waals surface area (Å²) in [5, 5.41) is 3.35. The maximum atomic E-state index is 5.67. The molecule has 1 saturated carbocycles. The topological polar surface area (TPSA) is 39.1 Å². The van der Waals surface area contributed by atoms with Crippen molar-refractivity contribution in [2.24, 2.45) is 0 Å². The molecule has 0 saturated heterocycles. The SMILES string of the molecule is COC1(Cn2cnc3c2CCNC3)CCC1. The first-order valence-electron chi connectivity index (χ1n) is 6.12. The van der Waals surface area contributed by atoms with E-state index in [1.165, 1.54) is 30.7 Å². The quantitative estimate of drug-likeness (QED) is 0.830. The molecule has 2 aliphatic rings. The van der Waals surface area contributed by atoms with Crippen LogP contribution in [-0.2, 0) is 24.2 Å². The minimum Gasteiger partial charge on any atom is -0.376 e. The van der Waals surface area contributed by atoms with Crippen LogP contribution in [0.2, 0.25) is 0 Å². The molecular formula is C12H19N3O. The van der Waals surface area contributed by atoms with Gasteiger partial charge in [0.05, 0.1) is 24.2 Å². The molecule has 0 aromatic carbocycles. The molecule has 1 aromatic heterocycles. The molecule has 0 spiro atoms. The molecular weight excluding hydrogens is 202 g/mol. The largest absolute Gasteiger partial charge is 0.376 e. The van der Waals surface area contributed by atoms with Crippen molar-refractivity contribution in [2.45, 2.75) is 44.4 Å². The molecule has 88 valence electrons. The van der Waals surface area contributed by atoms with Crippen molar-refractivity contribution in [3.63, 3.8) is 0 Å². The zero-order valence-electron chi connectivity index (χ0n) is 9.83. The molecule has 0 unspecified atom stereocenters. The zero-order valence-corrected chi connectivity index (χ0v) is 9.83. The van der Waals surface area contributed by atoms with Crippen molar-refractivity contribution in [3.8, 4) is 0 Å². The predicted octanol–water partition coefficient (Wildman–Crippen LogP) is 1.10. The lowest BCUT2D eigenvalue weighted by molar-refractivity contribution is -0.0839. The third kappa shape index (κ3) is 1.57. The second-order valence-electron chi connectivity index (χ2n) is 4.93. The minimum absolute atomic E-state index is 0.0966. The average molecular weight is 221 g/mol. The van der Waals surface area contributed by atoms with Gasteiger partial charge in [-0.25, -0.2) is 4.98 Å². The van der Waals surface area contributed by atoms with Crippen molar-refractivity contribution in [2.75, 3.05) is 13.7 Å². The second kappa shape index (κ2) is 3.86. The Bertz CT molecular complexity index is 376. The molecule has 16 heavy (non-hydrogen) atoms. The number of ether oxygens (including phenoxy) is 1. The van der Waals surface area contributed by atoms with Crippen LogP contribution < -0.4 is 5.32 Å². The molecule has 1 aliphatic heterocycles. The summed E-state index contributed by atoms with van der Waals surface area (Å²) in [5.74, 6) is 0. The third-order valence-electron chi connectivity index (χ3n) is 4.02. The fourth-order valence-electron chi connectivity index (χ4n) is 2.74. The van der Waals surface area contributed by atoms with Crippen LogP contribution in [-0.4, -0.2) is 28.8 Å². The van der Waals surface area contributed by atoms with Crippen molar-refractivity contribution in [1.82, 2.24) is 14.9 Å². The van der Waals surface area contributed by atoms with Gasteiger partial charge in [0.2, 0.25) is 0 Å². The van der Waals surface area contributed by atoms with E-state index < -0.39 is 0 Å². The summed E-state index contributed by atoms with van der Waals surface area (Å²) in [7, 11) is 1.84. The molecule has 1 aliphatic carbocycles. The van der Waals surface area contributed by atoms with Gasteiger partial charge in [-0.3, -0.25) is 0 Å². The molecule has 1 aromatic rings. The van der Waals surface area contributed by atoms with E-state index in [4.69, 9.17) is 4.74 Å². The van der Waals surface area contributed by atoms with Gasteiger partial charge >= 0.3 is 0 Å². The highest BCUT2D eigenvalue weighted by molar-refractivity contribution is 5.17. The number of nitrogens with one attached hydrogen (secondary N) is 1. The normalized spacial score (nSPS) is 22.6. The number of imidazole rings is 1. The highest BCUT2D eigenvalue weighted by atomic mass is 16.5. The second-order valence-corrected chi connectivity index (χ2v) is 4.93. The van der Waals surface area contributed by atoms with E-state index in [1.54, 1.807) is 0 Å². The summed E-state index contributed by atoms with van der Waals surface area (Å²) >= 11 is 0. The number of fused-ring (bicyclic) bond motifs is 1. The molecule has 0 radical (unpaired) electrons. The van der Waals surface area contributed by atoms with Gasteiger partial charge in [0, 0.05) is 32.3 Å². The molecule has 2 heterocycles. The maximum Gasteiger partial charge on any atom is 0.0953 e. The van der Waals surface area contributed by atoms with Crippen LogP contribution >= 0.6 is 0 Å². The van der Waals surface area contributed by atoms with Crippen LogP contribution in [0.5, 0.6) is 0 Å². The van der Waals surface area contributed by atoms with Gasteiger partial charge in [-0.05, 0) is 19.3 Å². The van der Waals surface area contributed by atoms with Crippen LogP contribution in [0, 0.1) is 0 Å². The van der Waals surface area contributed by atoms with Crippen molar-refractivity contribution < 1.29 is 4.74 Å². The van der Waals surface area contributed by atoms with E-state index in [0.29, 0.717) is 0 Å². The fraction of sp³-hybridized carbons (Fsp3) is 0.750. The minimum atomic E-state index is 0.0966. The van der Waals surface area contributed by atoms with Gasteiger partial charge in [-0.15, -0.1) is 0 Å². The van der Waals surface area contributed by atoms with E-state index in [-0.39, 0.29) is 5.60 Å². The lowest BCUT2D eigenvalue weighted by Gasteiger charge is -2.41. The molecule has 4 nitrogen and oxygen atoms in total. The van der Waals surface area contributed by atoms with Crippen molar-refractivity contribution in [1.29, 1.82) is 0 Å². The lowest BCUT2D eigenvalue weighted by atomic mass is 9.80. The maximum absolute atomic E-state index is 5.67. The first-order valence-corrected chi connectivity index (χ1v) is 6.12. The van der Waals surface area contributed by atoms with Crippen LogP contribution in [0.3, 0.4) is 0 Å². The molecule has 0 atom stereocenters. The van der Waals surface area contributed by atoms with Gasteiger partial charge in [0.25, 0.3) is 0 Å². The fourth-order valence-corrected chi connectivity index (χ4v) is 2.74. The van der Waals surface area contributed by atoms with E-state index in [1.807, 2.05) is 13.4 Å². The molecule has 0 amide bonds. The summed E-state index contributed by atoms with van der Waals surface area (Å²) in [6.07, 6.45) is 6.75. The third-order valence-corrected chi connectivity index (χ3v) is 4.02. The van der Waals surface area contributed by atoms with Crippen LogP contribution in [0.4, 0.5) is 0 Å². The van der Waals surface area contributed by atoms with Gasteiger partial charge in [-0.2, -0.15) is 0 Å². The average Bonchev–Trinajstić information content (AvgIpc) is 2.67. The summed E-state index contributed by atoms with van der Waals surface area (Å²) in [6, 6.07) is 0. The van der Waals surface area contributed by atoms with Crippen molar-refractivity contribution in [3.05, 3.63) is 17.7 Å². The van der Waals surface area contributed by atoms with Crippen LogP contribution in [0.15, 0.2) is 6.33 Å². The number of rotatable bonds is 3. The van der Waals surface area contributed by atoms with E-state index in [0.717, 1.165) is 26.1 Å². The molecule has 0 bridgehead atoms. The number of methoxy groups -OCH3 is 1. The molecule has 1 N–H and O–H groups in total. The highest BCUT2D eigenvalue weighted by Crippen LogP contribution is 2.37. The lowest BCUT2D eigenvalue weighted by Crippen LogP contribution is -2.43. The number of nitrogens with zero attached hydrogens (tertiary/aromatic N) is 2. The highest BCUT2D eigenvalue weighted by Gasteiger charge is 2.38. The number of hydrogen-bond acceptors (Lipinski definition) is 3. The summed E-state index contributed by atoms with van der Waals surface area (Å²) in [5.41, 5.74) is 2.72. The van der Waals surface area contributed by atoms with Crippen LogP contribution in [0.1, 0.15) is 30.7 Å². The summed E-state index contributed by atoms with van der Waals surface area (Å²) < 4.78 is 7.98. The number of hydrogen-bond donors (Lipinski definition) is 1. The van der Waals surface area contributed by atoms with E-state index in [9.17, 15) is 0 Å². The Labute approximate surface area is 96.0 Å². The first-order chi connectivity index (χ1) is 7.83. The Morgan fingerprint density at radius 1 is 1.56 bits per heavy atom. The first kappa shape index (κ1) is 10.3. The molecule has 3 rings (SSSR count). The Kier molecular flexibility index (Phi) is 2.48. The Hall–Kier alpha value is -0.870. The van der Waals surface area contributed by atoms with Crippen LogP contribution in [0.25, 0.3) is 0 Å².